The maximum absolute atomic E-state index is 13.1. The van der Waals surface area contributed by atoms with Crippen LogP contribution in [0.1, 0.15) is 6.92 Å². The lowest BCUT2D eigenvalue weighted by Gasteiger charge is -2.09. The van der Waals surface area contributed by atoms with Crippen molar-refractivity contribution in [1.82, 2.24) is 0 Å². The zero-order chi connectivity index (χ0) is 15.5. The summed E-state index contributed by atoms with van der Waals surface area (Å²) in [6, 6.07) is 10.9. The minimum atomic E-state index is -3.85. The number of carbonyl (C=O) groups excluding carboxylic acids is 1. The summed E-state index contributed by atoms with van der Waals surface area (Å²) in [6.45, 7) is 1.38. The zero-order valence-corrected chi connectivity index (χ0v) is 11.9. The second-order valence-electron chi connectivity index (χ2n) is 4.32. The Hall–Kier alpha value is -2.41. The van der Waals surface area contributed by atoms with E-state index in [1.54, 1.807) is 12.1 Å². The molecule has 2 aromatic carbocycles. The number of benzene rings is 2. The standard InChI is InChI=1S/C14H13FN2O3S/c1-10(18)16-12-5-7-13(8-6-12)17-21(19,20)14-4-2-3-11(15)9-14/h2-9,17H,1H3,(H,16,18). The van der Waals surface area contributed by atoms with E-state index >= 15 is 0 Å². The molecule has 0 saturated heterocycles. The van der Waals surface area contributed by atoms with E-state index in [1.807, 2.05) is 0 Å². The van der Waals surface area contributed by atoms with Crippen molar-refractivity contribution in [2.75, 3.05) is 10.0 Å². The van der Waals surface area contributed by atoms with Crippen molar-refractivity contribution in [2.24, 2.45) is 0 Å². The largest absolute Gasteiger partial charge is 0.326 e. The van der Waals surface area contributed by atoms with Gasteiger partial charge in [0.15, 0.2) is 0 Å². The summed E-state index contributed by atoms with van der Waals surface area (Å²) < 4.78 is 39.6. The highest BCUT2D eigenvalue weighted by molar-refractivity contribution is 7.92. The summed E-state index contributed by atoms with van der Waals surface area (Å²) in [5, 5.41) is 2.57. The van der Waals surface area contributed by atoms with Gasteiger partial charge in [0, 0.05) is 18.3 Å². The molecule has 0 aromatic heterocycles. The van der Waals surface area contributed by atoms with E-state index in [2.05, 4.69) is 10.0 Å². The second-order valence-corrected chi connectivity index (χ2v) is 6.00. The molecule has 0 fully saturated rings. The Balaban J connectivity index is 2.19. The first-order valence-corrected chi connectivity index (χ1v) is 7.51. The topological polar surface area (TPSA) is 75.3 Å². The van der Waals surface area contributed by atoms with E-state index in [0.717, 1.165) is 6.07 Å². The van der Waals surface area contributed by atoms with Crippen LogP contribution in [0.15, 0.2) is 53.4 Å². The summed E-state index contributed by atoms with van der Waals surface area (Å²) in [4.78, 5) is 10.7. The Kier molecular flexibility index (Phi) is 4.23. The lowest BCUT2D eigenvalue weighted by molar-refractivity contribution is -0.114. The molecule has 7 heteroatoms. The van der Waals surface area contributed by atoms with Gasteiger partial charge in [-0.1, -0.05) is 6.07 Å². The van der Waals surface area contributed by atoms with E-state index in [0.29, 0.717) is 11.4 Å². The van der Waals surface area contributed by atoms with E-state index in [-0.39, 0.29) is 10.8 Å². The molecule has 2 rings (SSSR count). The Morgan fingerprint density at radius 1 is 1.05 bits per heavy atom. The molecule has 0 bridgehead atoms. The van der Waals surface area contributed by atoms with E-state index in [1.165, 1.54) is 37.3 Å². The fourth-order valence-electron chi connectivity index (χ4n) is 1.67. The number of sulfonamides is 1. The molecule has 110 valence electrons. The SMILES string of the molecule is CC(=O)Nc1ccc(NS(=O)(=O)c2cccc(F)c2)cc1. The van der Waals surface area contributed by atoms with Crippen LogP contribution in [0.25, 0.3) is 0 Å². The molecule has 0 aliphatic heterocycles. The Bertz CT molecular complexity index is 758. The predicted molar refractivity (Wildman–Crippen MR) is 78.0 cm³/mol. The number of hydrogen-bond donors (Lipinski definition) is 2. The van der Waals surface area contributed by atoms with Gasteiger partial charge in [-0.05, 0) is 42.5 Å². The van der Waals surface area contributed by atoms with Crippen LogP contribution in [0.4, 0.5) is 15.8 Å². The highest BCUT2D eigenvalue weighted by Crippen LogP contribution is 2.18. The van der Waals surface area contributed by atoms with Gasteiger partial charge in [-0.15, -0.1) is 0 Å². The van der Waals surface area contributed by atoms with Crippen LogP contribution in [0, 0.1) is 5.82 Å². The molecule has 0 radical (unpaired) electrons. The molecule has 0 aliphatic carbocycles. The second kappa shape index (κ2) is 5.92. The van der Waals surface area contributed by atoms with E-state index in [9.17, 15) is 17.6 Å². The number of halogens is 1. The number of carbonyl (C=O) groups is 1. The number of hydrogen-bond acceptors (Lipinski definition) is 3. The van der Waals surface area contributed by atoms with Crippen LogP contribution in [0.5, 0.6) is 0 Å². The number of anilines is 2. The normalized spacial score (nSPS) is 11.0. The number of nitrogens with one attached hydrogen (secondary N) is 2. The van der Waals surface area contributed by atoms with E-state index in [4.69, 9.17) is 0 Å². The predicted octanol–water partition coefficient (Wildman–Crippen LogP) is 2.58. The lowest BCUT2D eigenvalue weighted by Crippen LogP contribution is -2.13. The summed E-state index contributed by atoms with van der Waals surface area (Å²) in [5.74, 6) is -0.845. The third-order valence-electron chi connectivity index (χ3n) is 2.56. The van der Waals surface area contributed by atoms with Crippen molar-refractivity contribution in [2.45, 2.75) is 11.8 Å². The first-order valence-electron chi connectivity index (χ1n) is 6.03. The van der Waals surface area contributed by atoms with Gasteiger partial charge in [0.05, 0.1) is 4.90 Å². The summed E-state index contributed by atoms with van der Waals surface area (Å²) in [7, 11) is -3.85. The van der Waals surface area contributed by atoms with Crippen LogP contribution < -0.4 is 10.0 Å². The van der Waals surface area contributed by atoms with Crippen molar-refractivity contribution in [1.29, 1.82) is 0 Å². The van der Waals surface area contributed by atoms with Gasteiger partial charge in [0.25, 0.3) is 10.0 Å². The minimum Gasteiger partial charge on any atom is -0.326 e. The molecule has 0 spiro atoms. The third-order valence-corrected chi connectivity index (χ3v) is 3.94. The molecule has 0 saturated carbocycles. The summed E-state index contributed by atoms with van der Waals surface area (Å²) >= 11 is 0. The van der Waals surface area contributed by atoms with Gasteiger partial charge in [-0.3, -0.25) is 9.52 Å². The molecule has 5 nitrogen and oxygen atoms in total. The molecule has 1 amide bonds. The van der Waals surface area contributed by atoms with Gasteiger partial charge in [-0.2, -0.15) is 0 Å². The molecule has 0 unspecified atom stereocenters. The monoisotopic (exact) mass is 308 g/mol. The van der Waals surface area contributed by atoms with Crippen molar-refractivity contribution >= 4 is 27.3 Å². The summed E-state index contributed by atoms with van der Waals surface area (Å²) in [5.41, 5.74) is 0.865. The molecular formula is C14H13FN2O3S. The highest BCUT2D eigenvalue weighted by Gasteiger charge is 2.14. The first kappa shape index (κ1) is 15.0. The van der Waals surface area contributed by atoms with Gasteiger partial charge >= 0.3 is 0 Å². The minimum absolute atomic E-state index is 0.159. The number of amides is 1. The van der Waals surface area contributed by atoms with Crippen LogP contribution in [-0.4, -0.2) is 14.3 Å². The zero-order valence-electron chi connectivity index (χ0n) is 11.1. The molecule has 0 heterocycles. The average molecular weight is 308 g/mol. The van der Waals surface area contributed by atoms with E-state index < -0.39 is 15.8 Å². The Morgan fingerprint density at radius 2 is 1.67 bits per heavy atom. The Morgan fingerprint density at radius 3 is 2.24 bits per heavy atom. The fourth-order valence-corrected chi connectivity index (χ4v) is 2.76. The van der Waals surface area contributed by atoms with Crippen LogP contribution in [-0.2, 0) is 14.8 Å². The molecule has 0 atom stereocenters. The smallest absolute Gasteiger partial charge is 0.261 e. The van der Waals surface area contributed by atoms with Crippen molar-refractivity contribution in [3.8, 4) is 0 Å². The van der Waals surface area contributed by atoms with Crippen molar-refractivity contribution in [3.63, 3.8) is 0 Å². The first-order chi connectivity index (χ1) is 9.87. The average Bonchev–Trinajstić information content (AvgIpc) is 2.40. The molecule has 21 heavy (non-hydrogen) atoms. The molecular weight excluding hydrogens is 295 g/mol. The maximum Gasteiger partial charge on any atom is 0.261 e. The molecule has 0 aliphatic rings. The van der Waals surface area contributed by atoms with Gasteiger partial charge in [-0.25, -0.2) is 12.8 Å². The van der Waals surface area contributed by atoms with Crippen LogP contribution in [0.2, 0.25) is 0 Å². The quantitative estimate of drug-likeness (QED) is 0.911. The maximum atomic E-state index is 13.1. The molecule has 2 aromatic rings. The van der Waals surface area contributed by atoms with Crippen LogP contribution in [0.3, 0.4) is 0 Å². The fraction of sp³-hybridized carbons (Fsp3) is 0.0714. The van der Waals surface area contributed by atoms with Crippen LogP contribution >= 0.6 is 0 Å². The lowest BCUT2D eigenvalue weighted by atomic mass is 10.3. The molecule has 2 N–H and O–H groups in total. The van der Waals surface area contributed by atoms with Gasteiger partial charge in [0.1, 0.15) is 5.82 Å². The summed E-state index contributed by atoms with van der Waals surface area (Å²) in [6.07, 6.45) is 0. The van der Waals surface area contributed by atoms with Gasteiger partial charge < -0.3 is 5.32 Å². The highest BCUT2D eigenvalue weighted by atomic mass is 32.2. The van der Waals surface area contributed by atoms with Crippen molar-refractivity contribution in [3.05, 3.63) is 54.3 Å². The number of rotatable bonds is 4. The Labute approximate surface area is 121 Å². The third kappa shape index (κ3) is 4.03. The van der Waals surface area contributed by atoms with Gasteiger partial charge in [0.2, 0.25) is 5.91 Å². The van der Waals surface area contributed by atoms with Crippen molar-refractivity contribution < 1.29 is 17.6 Å².